The van der Waals surface area contributed by atoms with Crippen LogP contribution in [0, 0.1) is 0 Å². The summed E-state index contributed by atoms with van der Waals surface area (Å²) in [6.45, 7) is 0. The van der Waals surface area contributed by atoms with Gasteiger partial charge < -0.3 is 13.4 Å². The normalized spacial score (nSPS) is 12.4. The highest BCUT2D eigenvalue weighted by Crippen LogP contribution is 2.49. The third-order valence-corrected chi connectivity index (χ3v) is 9.74. The first-order chi connectivity index (χ1) is 22.3. The highest BCUT2D eigenvalue weighted by atomic mass is 16.3. The van der Waals surface area contributed by atoms with Crippen molar-refractivity contribution in [3.05, 3.63) is 140 Å². The number of hydrogen-bond acceptors (Lipinski definition) is 2. The van der Waals surface area contributed by atoms with E-state index in [0.29, 0.717) is 0 Å². The smallest absolute Gasteiger partial charge is 0.159 e. The Morgan fingerprint density at radius 2 is 1.00 bits per heavy atom. The maximum absolute atomic E-state index is 6.96. The summed E-state index contributed by atoms with van der Waals surface area (Å²) in [6.07, 6.45) is 0. The van der Waals surface area contributed by atoms with Crippen LogP contribution < -0.4 is 0 Å². The Morgan fingerprint density at radius 3 is 1.87 bits per heavy atom. The second-order valence-electron chi connectivity index (χ2n) is 12.0. The van der Waals surface area contributed by atoms with E-state index in [1.54, 1.807) is 0 Å². The quantitative estimate of drug-likeness (QED) is 0.196. The number of para-hydroxylation sites is 2. The minimum atomic E-state index is 0.880. The molecule has 0 spiro atoms. The molecule has 0 N–H and O–H groups in total. The monoisotopic (exact) mass is 573 g/mol. The van der Waals surface area contributed by atoms with Crippen LogP contribution in [0.2, 0.25) is 0 Å². The van der Waals surface area contributed by atoms with Gasteiger partial charge in [0.1, 0.15) is 16.7 Å². The summed E-state index contributed by atoms with van der Waals surface area (Å²) in [4.78, 5) is 0. The minimum absolute atomic E-state index is 0.880. The number of benzene rings is 8. The zero-order valence-electron chi connectivity index (χ0n) is 24.0. The maximum atomic E-state index is 6.96. The molecule has 8 aromatic carbocycles. The van der Waals surface area contributed by atoms with Gasteiger partial charge in [0.05, 0.1) is 22.1 Å². The second kappa shape index (κ2) is 8.31. The van der Waals surface area contributed by atoms with E-state index in [2.05, 4.69) is 138 Å². The fourth-order valence-electron chi connectivity index (χ4n) is 7.87. The molecule has 0 amide bonds. The van der Waals surface area contributed by atoms with E-state index in [1.807, 2.05) is 6.07 Å². The summed E-state index contributed by atoms with van der Waals surface area (Å²) in [6, 6.07) is 49.7. The molecule has 3 aromatic heterocycles. The topological polar surface area (TPSA) is 31.2 Å². The molecule has 0 saturated heterocycles. The molecule has 0 unspecified atom stereocenters. The number of fused-ring (bicyclic) bond motifs is 17. The molecule has 11 rings (SSSR count). The van der Waals surface area contributed by atoms with Crippen LogP contribution in [0.15, 0.2) is 148 Å². The standard InChI is InChI=1S/C42H23NO2/c1-3-12-26-24(10-1)21-23-33-36(26)37-29-15-5-6-16-31(29)42-38(32-22-20-25-11-2-4-13-27(25)40(32)45-42)39(37)43(33)34-18-9-17-30-28-14-7-8-19-35(28)44-41(30)34/h1-23H. The van der Waals surface area contributed by atoms with Gasteiger partial charge in [0.2, 0.25) is 0 Å². The van der Waals surface area contributed by atoms with Gasteiger partial charge in [-0.25, -0.2) is 0 Å². The summed E-state index contributed by atoms with van der Waals surface area (Å²) in [5.41, 5.74) is 6.90. The van der Waals surface area contributed by atoms with Gasteiger partial charge in [-0.2, -0.15) is 0 Å². The number of furan rings is 2. The Bertz CT molecular complexity index is 3040. The molecule has 0 radical (unpaired) electrons. The van der Waals surface area contributed by atoms with E-state index >= 15 is 0 Å². The fraction of sp³-hybridized carbons (Fsp3) is 0. The molecule has 208 valence electrons. The molecule has 0 bridgehead atoms. The number of rotatable bonds is 1. The van der Waals surface area contributed by atoms with E-state index in [0.717, 1.165) is 71.4 Å². The third-order valence-electron chi connectivity index (χ3n) is 9.74. The highest BCUT2D eigenvalue weighted by Gasteiger charge is 2.26. The molecule has 0 aliphatic rings. The van der Waals surface area contributed by atoms with Crippen molar-refractivity contribution in [2.24, 2.45) is 0 Å². The zero-order valence-corrected chi connectivity index (χ0v) is 24.0. The van der Waals surface area contributed by atoms with Crippen molar-refractivity contribution >= 4 is 98.0 Å². The van der Waals surface area contributed by atoms with Gasteiger partial charge in [-0.15, -0.1) is 0 Å². The fourth-order valence-corrected chi connectivity index (χ4v) is 7.87. The Kier molecular flexibility index (Phi) is 4.32. The first-order valence-electron chi connectivity index (χ1n) is 15.4. The summed E-state index contributed by atoms with van der Waals surface area (Å²) in [5.74, 6) is 0. The summed E-state index contributed by atoms with van der Waals surface area (Å²) in [5, 5.41) is 14.0. The highest BCUT2D eigenvalue weighted by molar-refractivity contribution is 6.39. The summed E-state index contributed by atoms with van der Waals surface area (Å²) < 4.78 is 16.1. The number of hydrogen-bond donors (Lipinski definition) is 0. The van der Waals surface area contributed by atoms with Crippen LogP contribution in [-0.2, 0) is 0 Å². The van der Waals surface area contributed by atoms with Crippen LogP contribution >= 0.6 is 0 Å². The largest absolute Gasteiger partial charge is 0.455 e. The van der Waals surface area contributed by atoms with Crippen molar-refractivity contribution < 1.29 is 8.83 Å². The number of nitrogens with zero attached hydrogens (tertiary/aromatic N) is 1. The van der Waals surface area contributed by atoms with Gasteiger partial charge in [0.15, 0.2) is 5.58 Å². The van der Waals surface area contributed by atoms with E-state index in [1.165, 1.54) is 32.3 Å². The van der Waals surface area contributed by atoms with Crippen LogP contribution in [-0.4, -0.2) is 4.57 Å². The summed E-state index contributed by atoms with van der Waals surface area (Å²) in [7, 11) is 0. The molecule has 45 heavy (non-hydrogen) atoms. The minimum Gasteiger partial charge on any atom is -0.455 e. The van der Waals surface area contributed by atoms with Crippen LogP contribution in [0.25, 0.3) is 104 Å². The van der Waals surface area contributed by atoms with Crippen LogP contribution in [0.5, 0.6) is 0 Å². The van der Waals surface area contributed by atoms with Crippen LogP contribution in [0.1, 0.15) is 0 Å². The molecule has 0 fully saturated rings. The molecule has 3 nitrogen and oxygen atoms in total. The Morgan fingerprint density at radius 1 is 0.356 bits per heavy atom. The lowest BCUT2D eigenvalue weighted by Gasteiger charge is -2.10. The van der Waals surface area contributed by atoms with Gasteiger partial charge in [-0.05, 0) is 45.8 Å². The lowest BCUT2D eigenvalue weighted by molar-refractivity contribution is 0.666. The van der Waals surface area contributed by atoms with Crippen molar-refractivity contribution in [1.82, 2.24) is 4.57 Å². The first-order valence-corrected chi connectivity index (χ1v) is 15.4. The van der Waals surface area contributed by atoms with Crippen LogP contribution in [0.3, 0.4) is 0 Å². The molecular formula is C42H23NO2. The SMILES string of the molecule is c1ccc2c(c1)ccc1c2oc2c3ccccc3c3c4c5ccccc5ccc4n(-c4cccc5c4oc4ccccc45)c3c12. The average Bonchev–Trinajstić information content (AvgIpc) is 3.78. The van der Waals surface area contributed by atoms with Crippen molar-refractivity contribution in [3.8, 4) is 5.69 Å². The third kappa shape index (κ3) is 2.90. The van der Waals surface area contributed by atoms with Gasteiger partial charge in [-0.3, -0.25) is 0 Å². The number of aromatic nitrogens is 1. The van der Waals surface area contributed by atoms with Gasteiger partial charge in [0.25, 0.3) is 0 Å². The molecule has 0 atom stereocenters. The molecule has 3 heterocycles. The maximum Gasteiger partial charge on any atom is 0.159 e. The molecule has 0 saturated carbocycles. The average molecular weight is 574 g/mol. The Hall–Kier alpha value is -6.06. The van der Waals surface area contributed by atoms with E-state index < -0.39 is 0 Å². The second-order valence-corrected chi connectivity index (χ2v) is 12.0. The lowest BCUT2D eigenvalue weighted by atomic mass is 9.97. The molecule has 0 aliphatic carbocycles. The molecule has 0 aliphatic heterocycles. The Labute approximate surface area is 256 Å². The van der Waals surface area contributed by atoms with Crippen molar-refractivity contribution in [2.45, 2.75) is 0 Å². The summed E-state index contributed by atoms with van der Waals surface area (Å²) >= 11 is 0. The van der Waals surface area contributed by atoms with Gasteiger partial charge in [0, 0.05) is 37.7 Å². The van der Waals surface area contributed by atoms with E-state index in [-0.39, 0.29) is 0 Å². The van der Waals surface area contributed by atoms with Gasteiger partial charge in [-0.1, -0.05) is 115 Å². The van der Waals surface area contributed by atoms with Crippen molar-refractivity contribution in [2.75, 3.05) is 0 Å². The lowest BCUT2D eigenvalue weighted by Crippen LogP contribution is -1.95. The van der Waals surface area contributed by atoms with E-state index in [9.17, 15) is 0 Å². The van der Waals surface area contributed by atoms with Crippen LogP contribution in [0.4, 0.5) is 0 Å². The molecule has 3 heteroatoms. The van der Waals surface area contributed by atoms with Gasteiger partial charge >= 0.3 is 0 Å². The molecular weight excluding hydrogens is 550 g/mol. The predicted octanol–water partition coefficient (Wildman–Crippen LogP) is 12.0. The first kappa shape index (κ1) is 23.4. The zero-order chi connectivity index (χ0) is 29.2. The van der Waals surface area contributed by atoms with E-state index in [4.69, 9.17) is 8.83 Å². The predicted molar refractivity (Wildman–Crippen MR) is 188 cm³/mol. The van der Waals surface area contributed by atoms with Crippen molar-refractivity contribution in [1.29, 1.82) is 0 Å². The Balaban J connectivity index is 1.48. The van der Waals surface area contributed by atoms with Crippen molar-refractivity contribution in [3.63, 3.8) is 0 Å². The molecule has 11 aromatic rings.